The van der Waals surface area contributed by atoms with E-state index >= 15 is 0 Å². The van der Waals surface area contributed by atoms with Crippen molar-refractivity contribution < 1.29 is 13.6 Å². The summed E-state index contributed by atoms with van der Waals surface area (Å²) >= 11 is 1.13. The first-order valence-electron chi connectivity index (χ1n) is 7.60. The number of carbonyl (C=O) groups is 1. The fourth-order valence-electron chi connectivity index (χ4n) is 2.21. The quantitative estimate of drug-likeness (QED) is 0.692. The molecule has 0 fully saturated rings. The minimum absolute atomic E-state index is 0.0887. The average Bonchev–Trinajstić information content (AvgIpc) is 3.05. The van der Waals surface area contributed by atoms with Crippen molar-refractivity contribution in [3.05, 3.63) is 59.4 Å². The molecule has 25 heavy (non-hydrogen) atoms. The van der Waals surface area contributed by atoms with Gasteiger partial charge in [0.25, 0.3) is 5.22 Å². The molecular formula is C18H16FN3O2S. The highest BCUT2D eigenvalue weighted by Gasteiger charge is 2.12. The number of anilines is 1. The number of nitrogens with zero attached hydrogens (tertiary/aromatic N) is 2. The van der Waals surface area contributed by atoms with Crippen LogP contribution in [0.1, 0.15) is 11.1 Å². The summed E-state index contributed by atoms with van der Waals surface area (Å²) in [6, 6.07) is 12.0. The van der Waals surface area contributed by atoms with Crippen molar-refractivity contribution in [2.45, 2.75) is 19.1 Å². The van der Waals surface area contributed by atoms with Gasteiger partial charge in [0.05, 0.1) is 5.75 Å². The Bertz CT molecular complexity index is 911. The van der Waals surface area contributed by atoms with Crippen LogP contribution in [0.15, 0.2) is 52.1 Å². The van der Waals surface area contributed by atoms with Gasteiger partial charge < -0.3 is 9.73 Å². The lowest BCUT2D eigenvalue weighted by atomic mass is 10.1. The molecule has 1 N–H and O–H groups in total. The normalized spacial score (nSPS) is 10.7. The van der Waals surface area contributed by atoms with Crippen molar-refractivity contribution in [2.24, 2.45) is 0 Å². The van der Waals surface area contributed by atoms with Crippen LogP contribution in [0.25, 0.3) is 11.5 Å². The number of nitrogens with one attached hydrogen (secondary N) is 1. The lowest BCUT2D eigenvalue weighted by Gasteiger charge is -2.07. The van der Waals surface area contributed by atoms with Crippen LogP contribution in [-0.2, 0) is 4.79 Å². The molecule has 0 spiro atoms. The number of carbonyl (C=O) groups excluding carboxylic acids is 1. The van der Waals surface area contributed by atoms with Crippen molar-refractivity contribution in [3.63, 3.8) is 0 Å². The maximum absolute atomic E-state index is 13.3. The molecule has 0 saturated carbocycles. The minimum Gasteiger partial charge on any atom is -0.411 e. The molecule has 5 nitrogen and oxygen atoms in total. The third-order valence-corrected chi connectivity index (χ3v) is 4.29. The highest BCUT2D eigenvalue weighted by atomic mass is 32.2. The van der Waals surface area contributed by atoms with Crippen LogP contribution in [0.2, 0.25) is 0 Å². The molecule has 2 aromatic carbocycles. The van der Waals surface area contributed by atoms with Crippen molar-refractivity contribution in [2.75, 3.05) is 11.1 Å². The number of halogens is 1. The first kappa shape index (κ1) is 17.2. The van der Waals surface area contributed by atoms with E-state index in [1.165, 1.54) is 12.1 Å². The van der Waals surface area contributed by atoms with Gasteiger partial charge in [-0.2, -0.15) is 0 Å². The van der Waals surface area contributed by atoms with Crippen LogP contribution in [-0.4, -0.2) is 21.9 Å². The molecule has 0 atom stereocenters. The van der Waals surface area contributed by atoms with Crippen molar-refractivity contribution >= 4 is 23.4 Å². The van der Waals surface area contributed by atoms with Gasteiger partial charge in [-0.25, -0.2) is 4.39 Å². The Balaban J connectivity index is 1.60. The van der Waals surface area contributed by atoms with E-state index in [9.17, 15) is 9.18 Å². The first-order valence-corrected chi connectivity index (χ1v) is 8.59. The maximum Gasteiger partial charge on any atom is 0.277 e. The van der Waals surface area contributed by atoms with Crippen LogP contribution in [0.3, 0.4) is 0 Å². The number of aromatic nitrogens is 2. The van der Waals surface area contributed by atoms with E-state index in [2.05, 4.69) is 15.5 Å². The smallest absolute Gasteiger partial charge is 0.277 e. The second-order valence-corrected chi connectivity index (χ2v) is 6.47. The number of thioether (sulfide) groups is 1. The fraction of sp³-hybridized carbons (Fsp3) is 0.167. The number of rotatable bonds is 5. The zero-order valence-electron chi connectivity index (χ0n) is 13.7. The van der Waals surface area contributed by atoms with Gasteiger partial charge >= 0.3 is 0 Å². The van der Waals surface area contributed by atoms with Gasteiger partial charge in [-0.1, -0.05) is 35.5 Å². The van der Waals surface area contributed by atoms with Crippen LogP contribution in [0, 0.1) is 19.7 Å². The zero-order chi connectivity index (χ0) is 17.8. The Labute approximate surface area is 148 Å². The molecule has 0 unspecified atom stereocenters. The van der Waals surface area contributed by atoms with E-state index in [4.69, 9.17) is 4.42 Å². The second-order valence-electron chi connectivity index (χ2n) is 5.54. The molecule has 0 bridgehead atoms. The number of hydrogen-bond acceptors (Lipinski definition) is 5. The third-order valence-electron chi connectivity index (χ3n) is 3.47. The zero-order valence-corrected chi connectivity index (χ0v) is 14.6. The van der Waals surface area contributed by atoms with E-state index in [1.807, 2.05) is 31.2 Å². The summed E-state index contributed by atoms with van der Waals surface area (Å²) in [7, 11) is 0. The van der Waals surface area contributed by atoms with E-state index < -0.39 is 5.82 Å². The van der Waals surface area contributed by atoms with E-state index in [1.54, 1.807) is 13.0 Å². The highest BCUT2D eigenvalue weighted by Crippen LogP contribution is 2.24. The fourth-order valence-corrected chi connectivity index (χ4v) is 2.77. The molecule has 1 heterocycles. The molecule has 7 heteroatoms. The molecule has 1 aromatic heterocycles. The molecule has 128 valence electrons. The highest BCUT2D eigenvalue weighted by molar-refractivity contribution is 7.99. The lowest BCUT2D eigenvalue weighted by molar-refractivity contribution is -0.113. The molecular weight excluding hydrogens is 341 g/mol. The van der Waals surface area contributed by atoms with Crippen LogP contribution < -0.4 is 5.32 Å². The third kappa shape index (κ3) is 4.45. The first-order chi connectivity index (χ1) is 12.0. The number of benzene rings is 2. The SMILES string of the molecule is Cc1cccc(-c2nnc(SCC(=O)Nc3cc(F)ccc3C)o2)c1. The molecule has 0 aliphatic rings. The monoisotopic (exact) mass is 357 g/mol. The Morgan fingerprint density at radius 1 is 1.20 bits per heavy atom. The van der Waals surface area contributed by atoms with Gasteiger partial charge in [-0.15, -0.1) is 10.2 Å². The predicted octanol–water partition coefficient (Wildman–Crippen LogP) is 4.22. The van der Waals surface area contributed by atoms with Crippen molar-refractivity contribution in [3.8, 4) is 11.5 Å². The topological polar surface area (TPSA) is 68.0 Å². The Kier molecular flexibility index (Phi) is 5.14. The standard InChI is InChI=1S/C18H16FN3O2S/c1-11-4-3-5-13(8-11)17-21-22-18(24-17)25-10-16(23)20-15-9-14(19)7-6-12(15)2/h3-9H,10H2,1-2H3,(H,20,23). The Hall–Kier alpha value is -2.67. The molecule has 0 saturated heterocycles. The molecule has 0 aliphatic carbocycles. The number of hydrogen-bond donors (Lipinski definition) is 1. The van der Waals surface area contributed by atoms with Crippen LogP contribution >= 0.6 is 11.8 Å². The number of aryl methyl sites for hydroxylation is 2. The lowest BCUT2D eigenvalue weighted by Crippen LogP contribution is -2.15. The van der Waals surface area contributed by atoms with Gasteiger partial charge in [0.2, 0.25) is 11.8 Å². The summed E-state index contributed by atoms with van der Waals surface area (Å²) in [6.07, 6.45) is 0. The number of amides is 1. The van der Waals surface area contributed by atoms with Gasteiger partial charge in [0.15, 0.2) is 0 Å². The Morgan fingerprint density at radius 2 is 2.04 bits per heavy atom. The van der Waals surface area contributed by atoms with E-state index in [0.717, 1.165) is 28.5 Å². The molecule has 0 aliphatic heterocycles. The van der Waals surface area contributed by atoms with Crippen molar-refractivity contribution in [1.82, 2.24) is 10.2 Å². The van der Waals surface area contributed by atoms with Gasteiger partial charge in [0, 0.05) is 11.3 Å². The average molecular weight is 357 g/mol. The van der Waals surface area contributed by atoms with Crippen molar-refractivity contribution in [1.29, 1.82) is 0 Å². The molecule has 3 rings (SSSR count). The molecule has 0 radical (unpaired) electrons. The van der Waals surface area contributed by atoms with E-state index in [-0.39, 0.29) is 11.7 Å². The Morgan fingerprint density at radius 3 is 2.84 bits per heavy atom. The minimum atomic E-state index is -0.395. The van der Waals surface area contributed by atoms with E-state index in [0.29, 0.717) is 16.8 Å². The summed E-state index contributed by atoms with van der Waals surface area (Å²) < 4.78 is 18.8. The molecule has 3 aromatic rings. The second kappa shape index (κ2) is 7.48. The van der Waals surface area contributed by atoms with Crippen LogP contribution in [0.4, 0.5) is 10.1 Å². The summed E-state index contributed by atoms with van der Waals surface area (Å²) in [5, 5.41) is 10.9. The summed E-state index contributed by atoms with van der Waals surface area (Å²) in [4.78, 5) is 12.0. The summed E-state index contributed by atoms with van der Waals surface area (Å²) in [6.45, 7) is 3.78. The van der Waals surface area contributed by atoms with Gasteiger partial charge in [-0.05, 0) is 43.7 Å². The summed E-state index contributed by atoms with van der Waals surface area (Å²) in [5.74, 6) is -0.166. The predicted molar refractivity (Wildman–Crippen MR) is 95.0 cm³/mol. The largest absolute Gasteiger partial charge is 0.411 e. The summed E-state index contributed by atoms with van der Waals surface area (Å²) in [5.41, 5.74) is 3.17. The van der Waals surface area contributed by atoms with Gasteiger partial charge in [-0.3, -0.25) is 4.79 Å². The molecule has 1 amide bonds. The van der Waals surface area contributed by atoms with Gasteiger partial charge in [0.1, 0.15) is 5.82 Å². The maximum atomic E-state index is 13.3. The van der Waals surface area contributed by atoms with Crippen LogP contribution in [0.5, 0.6) is 0 Å².